The molecule has 0 bridgehead atoms. The van der Waals surface area contributed by atoms with Crippen LogP contribution in [0.25, 0.3) is 0 Å². The summed E-state index contributed by atoms with van der Waals surface area (Å²) in [6, 6.07) is -0.425. The molecule has 0 aromatic rings. The van der Waals surface area contributed by atoms with Gasteiger partial charge in [-0.05, 0) is 24.7 Å². The standard InChI is InChI=1S/C10H18N2O4/c1-16-5-4-10(2-3-10)7-12-9(15)11-6-8(13)14/h2-7H2,1H3,(H,13,14)(H2,11,12,15). The summed E-state index contributed by atoms with van der Waals surface area (Å²) in [6.07, 6.45) is 3.12. The SMILES string of the molecule is COCCC1(CNC(=O)NCC(=O)O)CC1. The Bertz CT molecular complexity index is 264. The number of carbonyl (C=O) groups excluding carboxylic acids is 1. The molecule has 0 heterocycles. The van der Waals surface area contributed by atoms with Crippen molar-refractivity contribution in [2.75, 3.05) is 26.8 Å². The number of rotatable bonds is 7. The van der Waals surface area contributed by atoms with E-state index in [9.17, 15) is 9.59 Å². The van der Waals surface area contributed by atoms with Gasteiger partial charge < -0.3 is 20.5 Å². The number of nitrogens with one attached hydrogen (secondary N) is 2. The molecule has 0 aromatic carbocycles. The molecule has 6 nitrogen and oxygen atoms in total. The number of hydrogen-bond donors (Lipinski definition) is 3. The van der Waals surface area contributed by atoms with E-state index in [-0.39, 0.29) is 12.0 Å². The van der Waals surface area contributed by atoms with Crippen LogP contribution in [0.2, 0.25) is 0 Å². The van der Waals surface area contributed by atoms with Gasteiger partial charge in [-0.25, -0.2) is 4.79 Å². The van der Waals surface area contributed by atoms with E-state index >= 15 is 0 Å². The van der Waals surface area contributed by atoms with E-state index < -0.39 is 12.0 Å². The summed E-state index contributed by atoms with van der Waals surface area (Å²) >= 11 is 0. The van der Waals surface area contributed by atoms with Crippen molar-refractivity contribution in [2.45, 2.75) is 19.3 Å². The highest BCUT2D eigenvalue weighted by Gasteiger charge is 2.42. The van der Waals surface area contributed by atoms with E-state index in [1.165, 1.54) is 0 Å². The second kappa shape index (κ2) is 5.69. The van der Waals surface area contributed by atoms with Crippen molar-refractivity contribution in [1.29, 1.82) is 0 Å². The van der Waals surface area contributed by atoms with Gasteiger partial charge in [0.25, 0.3) is 0 Å². The van der Waals surface area contributed by atoms with Crippen molar-refractivity contribution in [3.8, 4) is 0 Å². The third kappa shape index (κ3) is 4.48. The van der Waals surface area contributed by atoms with Gasteiger partial charge in [0.2, 0.25) is 0 Å². The van der Waals surface area contributed by atoms with Gasteiger partial charge in [-0.1, -0.05) is 0 Å². The fourth-order valence-corrected chi connectivity index (χ4v) is 1.50. The minimum absolute atomic E-state index is 0.177. The fourth-order valence-electron chi connectivity index (χ4n) is 1.50. The number of carboxylic acids is 1. The van der Waals surface area contributed by atoms with Gasteiger partial charge in [0.15, 0.2) is 0 Å². The molecule has 1 rings (SSSR count). The number of carbonyl (C=O) groups is 2. The molecule has 1 aliphatic rings. The molecule has 0 aliphatic heterocycles. The van der Waals surface area contributed by atoms with E-state index in [4.69, 9.17) is 9.84 Å². The maximum absolute atomic E-state index is 11.2. The van der Waals surface area contributed by atoms with E-state index in [0.29, 0.717) is 13.2 Å². The highest BCUT2D eigenvalue weighted by Crippen LogP contribution is 2.48. The fraction of sp³-hybridized carbons (Fsp3) is 0.800. The molecule has 6 heteroatoms. The van der Waals surface area contributed by atoms with Gasteiger partial charge in [0, 0.05) is 20.3 Å². The molecule has 3 N–H and O–H groups in total. The van der Waals surface area contributed by atoms with Crippen molar-refractivity contribution in [1.82, 2.24) is 10.6 Å². The van der Waals surface area contributed by atoms with Gasteiger partial charge in [0.1, 0.15) is 6.54 Å². The first-order valence-electron chi connectivity index (χ1n) is 5.30. The molecule has 0 radical (unpaired) electrons. The Kier molecular flexibility index (Phi) is 4.54. The topological polar surface area (TPSA) is 87.7 Å². The lowest BCUT2D eigenvalue weighted by Crippen LogP contribution is -2.41. The van der Waals surface area contributed by atoms with Crippen LogP contribution >= 0.6 is 0 Å². The molecule has 0 saturated heterocycles. The van der Waals surface area contributed by atoms with Gasteiger partial charge in [-0.3, -0.25) is 4.79 Å². The predicted octanol–water partition coefficient (Wildman–Crippen LogP) is 0.187. The zero-order valence-corrected chi connectivity index (χ0v) is 9.41. The van der Waals surface area contributed by atoms with Crippen LogP contribution in [0.4, 0.5) is 4.79 Å². The number of ether oxygens (including phenoxy) is 1. The van der Waals surface area contributed by atoms with Gasteiger partial charge in [-0.2, -0.15) is 0 Å². The molecule has 1 fully saturated rings. The van der Waals surface area contributed by atoms with Crippen molar-refractivity contribution in [3.63, 3.8) is 0 Å². The number of urea groups is 1. The molecule has 1 saturated carbocycles. The molecular formula is C10H18N2O4. The van der Waals surface area contributed by atoms with Crippen molar-refractivity contribution in [3.05, 3.63) is 0 Å². The monoisotopic (exact) mass is 230 g/mol. The molecule has 2 amide bonds. The Balaban J connectivity index is 2.14. The first-order valence-corrected chi connectivity index (χ1v) is 5.30. The highest BCUT2D eigenvalue weighted by atomic mass is 16.5. The number of carboxylic acid groups (broad SMARTS) is 1. The first-order chi connectivity index (χ1) is 7.58. The van der Waals surface area contributed by atoms with Crippen LogP contribution in [0.5, 0.6) is 0 Å². The van der Waals surface area contributed by atoms with E-state index in [0.717, 1.165) is 19.3 Å². The second-order valence-electron chi connectivity index (χ2n) is 4.17. The lowest BCUT2D eigenvalue weighted by atomic mass is 10.0. The smallest absolute Gasteiger partial charge is 0.323 e. The maximum Gasteiger partial charge on any atom is 0.323 e. The van der Waals surface area contributed by atoms with Crippen molar-refractivity contribution in [2.24, 2.45) is 5.41 Å². The molecule has 0 atom stereocenters. The average Bonchev–Trinajstić information content (AvgIpc) is 3.01. The van der Waals surface area contributed by atoms with Crippen LogP contribution < -0.4 is 10.6 Å². The molecule has 0 aromatic heterocycles. The van der Waals surface area contributed by atoms with E-state index in [2.05, 4.69) is 10.6 Å². The summed E-state index contributed by atoms with van der Waals surface area (Å²) in [4.78, 5) is 21.4. The van der Waals surface area contributed by atoms with Crippen LogP contribution in [0.1, 0.15) is 19.3 Å². The Hall–Kier alpha value is -1.30. The molecule has 1 aliphatic carbocycles. The van der Waals surface area contributed by atoms with Gasteiger partial charge in [-0.15, -0.1) is 0 Å². The third-order valence-corrected chi connectivity index (χ3v) is 2.82. The third-order valence-electron chi connectivity index (χ3n) is 2.82. The van der Waals surface area contributed by atoms with Crippen LogP contribution in [-0.4, -0.2) is 43.9 Å². The first kappa shape index (κ1) is 12.8. The van der Waals surface area contributed by atoms with Crippen molar-refractivity contribution < 1.29 is 19.4 Å². The summed E-state index contributed by atoms with van der Waals surface area (Å²) in [6.45, 7) is 0.928. The van der Waals surface area contributed by atoms with Crippen LogP contribution in [-0.2, 0) is 9.53 Å². The number of amides is 2. The van der Waals surface area contributed by atoms with Gasteiger partial charge >= 0.3 is 12.0 Å². The molecule has 92 valence electrons. The normalized spacial score (nSPS) is 16.6. The summed E-state index contributed by atoms with van der Waals surface area (Å²) < 4.78 is 5.00. The largest absolute Gasteiger partial charge is 0.480 e. The zero-order chi connectivity index (χ0) is 12.0. The average molecular weight is 230 g/mol. The summed E-state index contributed by atoms with van der Waals surface area (Å²) in [5, 5.41) is 13.3. The minimum Gasteiger partial charge on any atom is -0.480 e. The lowest BCUT2D eigenvalue weighted by Gasteiger charge is -2.15. The van der Waals surface area contributed by atoms with Crippen molar-refractivity contribution >= 4 is 12.0 Å². The number of hydrogen-bond acceptors (Lipinski definition) is 3. The van der Waals surface area contributed by atoms with Crippen LogP contribution in [0, 0.1) is 5.41 Å². The summed E-state index contributed by atoms with van der Waals surface area (Å²) in [5.74, 6) is -1.05. The number of methoxy groups -OCH3 is 1. The summed E-state index contributed by atoms with van der Waals surface area (Å²) in [7, 11) is 1.66. The second-order valence-corrected chi connectivity index (χ2v) is 4.17. The maximum atomic E-state index is 11.2. The van der Waals surface area contributed by atoms with E-state index in [1.54, 1.807) is 7.11 Å². The number of aliphatic carboxylic acids is 1. The molecule has 0 spiro atoms. The Labute approximate surface area is 94.3 Å². The Morgan fingerprint density at radius 3 is 2.56 bits per heavy atom. The van der Waals surface area contributed by atoms with Crippen LogP contribution in [0.15, 0.2) is 0 Å². The van der Waals surface area contributed by atoms with E-state index in [1.807, 2.05) is 0 Å². The highest BCUT2D eigenvalue weighted by molar-refractivity contribution is 5.79. The molecule has 0 unspecified atom stereocenters. The molecular weight excluding hydrogens is 212 g/mol. The summed E-state index contributed by atoms with van der Waals surface area (Å²) in [5.41, 5.74) is 0.177. The van der Waals surface area contributed by atoms with Crippen LogP contribution in [0.3, 0.4) is 0 Å². The predicted molar refractivity (Wildman–Crippen MR) is 57.2 cm³/mol. The van der Waals surface area contributed by atoms with Gasteiger partial charge in [0.05, 0.1) is 0 Å². The zero-order valence-electron chi connectivity index (χ0n) is 9.41. The lowest BCUT2D eigenvalue weighted by molar-refractivity contribution is -0.135. The Morgan fingerprint density at radius 1 is 1.38 bits per heavy atom. The molecule has 16 heavy (non-hydrogen) atoms. The Morgan fingerprint density at radius 2 is 2.06 bits per heavy atom. The quantitative estimate of drug-likeness (QED) is 0.582. The minimum atomic E-state index is -1.05.